The van der Waals surface area contributed by atoms with Crippen LogP contribution >= 0.6 is 0 Å². The van der Waals surface area contributed by atoms with E-state index < -0.39 is 11.7 Å². The molecule has 0 radical (unpaired) electrons. The molecule has 33 heavy (non-hydrogen) atoms. The van der Waals surface area contributed by atoms with Crippen molar-refractivity contribution in [1.29, 1.82) is 0 Å². The van der Waals surface area contributed by atoms with Gasteiger partial charge in [0.25, 0.3) is 5.56 Å². The van der Waals surface area contributed by atoms with E-state index in [1.807, 2.05) is 0 Å². The summed E-state index contributed by atoms with van der Waals surface area (Å²) < 4.78 is 6.40. The molecular formula is C25H19N2O6-. The third-order valence-corrected chi connectivity index (χ3v) is 5.23. The number of benzene rings is 3. The standard InChI is InChI=1S/C25H20N2O6/c1-33-17-9-6-15(7-10-17)14-27-23(29)19-5-3-2-4-18(19)21(24(27)30)13-26-16-8-11-20(25(31)32)22(28)12-16/h2-13,28,30H,14H2,1H3,(H,31,32)/p-1. The van der Waals surface area contributed by atoms with E-state index in [1.165, 1.54) is 22.9 Å². The molecule has 0 aliphatic rings. The van der Waals surface area contributed by atoms with Gasteiger partial charge >= 0.3 is 5.97 Å². The zero-order valence-corrected chi connectivity index (χ0v) is 17.6. The Morgan fingerprint density at radius 1 is 1.09 bits per heavy atom. The van der Waals surface area contributed by atoms with Crippen molar-refractivity contribution in [1.82, 2.24) is 4.57 Å². The van der Waals surface area contributed by atoms with Crippen LogP contribution < -0.4 is 15.4 Å². The van der Waals surface area contributed by atoms with E-state index in [4.69, 9.17) is 9.84 Å². The van der Waals surface area contributed by atoms with Gasteiger partial charge in [0.2, 0.25) is 5.88 Å². The summed E-state index contributed by atoms with van der Waals surface area (Å²) in [5.74, 6) is -1.59. The lowest BCUT2D eigenvalue weighted by molar-refractivity contribution is -0.268. The minimum atomic E-state index is -1.32. The number of ether oxygens (including phenoxy) is 1. The number of hydrogen-bond donors (Lipinski definition) is 2. The number of carbonyl (C=O) groups is 1. The normalized spacial score (nSPS) is 11.2. The fraction of sp³-hybridized carbons (Fsp3) is 0.0800. The van der Waals surface area contributed by atoms with Gasteiger partial charge in [-0.3, -0.25) is 14.4 Å². The Hall–Kier alpha value is -4.59. The highest BCUT2D eigenvalue weighted by Gasteiger charge is 2.15. The Kier molecular flexibility index (Phi) is 5.82. The lowest BCUT2D eigenvalue weighted by Gasteiger charge is -2.14. The van der Waals surface area contributed by atoms with Gasteiger partial charge in [0.15, 0.2) is 0 Å². The number of pyridine rings is 1. The molecule has 0 amide bonds. The van der Waals surface area contributed by atoms with E-state index in [0.717, 1.165) is 11.6 Å². The fourth-order valence-corrected chi connectivity index (χ4v) is 3.51. The first-order chi connectivity index (χ1) is 15.9. The van der Waals surface area contributed by atoms with Crippen LogP contribution in [0.2, 0.25) is 0 Å². The second kappa shape index (κ2) is 8.88. The number of fused-ring (bicyclic) bond motifs is 1. The first kappa shape index (κ1) is 21.6. The molecule has 0 atom stereocenters. The predicted molar refractivity (Wildman–Crippen MR) is 122 cm³/mol. The Balaban J connectivity index is 1.80. The highest BCUT2D eigenvalue weighted by Crippen LogP contribution is 2.26. The second-order valence-corrected chi connectivity index (χ2v) is 7.27. The number of methoxy groups -OCH3 is 1. The average molecular weight is 443 g/mol. The third-order valence-electron chi connectivity index (χ3n) is 5.23. The molecule has 0 fully saturated rings. The molecule has 4 rings (SSSR count). The summed E-state index contributed by atoms with van der Waals surface area (Å²) in [5.41, 5.74) is 0.598. The molecule has 0 bridgehead atoms. The Morgan fingerprint density at radius 3 is 2.42 bits per heavy atom. The van der Waals surface area contributed by atoms with E-state index in [2.05, 4.69) is 4.99 Å². The summed E-state index contributed by atoms with van der Waals surface area (Å²) >= 11 is 0. The molecule has 1 heterocycles. The molecule has 166 valence electrons. The molecule has 3 aromatic carbocycles. The van der Waals surface area contributed by atoms with Crippen molar-refractivity contribution < 1.29 is 24.9 Å². The van der Waals surface area contributed by atoms with Gasteiger partial charge in [-0.05, 0) is 42.0 Å². The van der Waals surface area contributed by atoms with Crippen molar-refractivity contribution in [2.24, 2.45) is 4.99 Å². The molecule has 0 unspecified atom stereocenters. The van der Waals surface area contributed by atoms with Crippen LogP contribution in [0.15, 0.2) is 76.5 Å². The topological polar surface area (TPSA) is 124 Å². The summed E-state index contributed by atoms with van der Waals surface area (Å²) in [6.45, 7) is 0.123. The van der Waals surface area contributed by atoms with Gasteiger partial charge in [0, 0.05) is 17.0 Å². The number of aromatic hydroxyl groups is 1. The number of hydrogen-bond acceptors (Lipinski definition) is 6. The molecule has 8 heteroatoms. The van der Waals surface area contributed by atoms with Crippen molar-refractivity contribution in [2.45, 2.75) is 6.54 Å². The van der Waals surface area contributed by atoms with Crippen LogP contribution in [0.25, 0.3) is 10.8 Å². The fourth-order valence-electron chi connectivity index (χ4n) is 3.51. The van der Waals surface area contributed by atoms with Crippen molar-refractivity contribution in [3.8, 4) is 17.4 Å². The van der Waals surface area contributed by atoms with Crippen LogP contribution in [-0.2, 0) is 6.54 Å². The highest BCUT2D eigenvalue weighted by molar-refractivity contribution is 6.02. The van der Waals surface area contributed by atoms with Crippen molar-refractivity contribution in [2.75, 3.05) is 7.11 Å². The number of carboxylic acid groups (broad SMARTS) is 1. The van der Waals surface area contributed by atoms with Gasteiger partial charge < -0.3 is 20.1 Å². The predicted octanol–water partition coefficient (Wildman–Crippen LogP) is 3.29. The maximum absolute atomic E-state index is 13.1. The molecule has 8 nitrogen and oxygen atoms in total. The van der Waals surface area contributed by atoms with Crippen LogP contribution in [0.3, 0.4) is 0 Å². The van der Waals surface area contributed by atoms with E-state index in [-0.39, 0.29) is 29.2 Å². The SMILES string of the molecule is COc1ccc(Cn2c(O)c(C=Nc3ccc(C(=O)O)c([O-])c3)c3ccccc3c2=O)cc1. The monoisotopic (exact) mass is 443 g/mol. The number of aliphatic imine (C=N–C) groups is 1. The number of carboxylic acids is 1. The summed E-state index contributed by atoms with van der Waals surface area (Å²) in [4.78, 5) is 28.4. The summed E-state index contributed by atoms with van der Waals surface area (Å²) in [6.07, 6.45) is 1.36. The Morgan fingerprint density at radius 2 is 1.79 bits per heavy atom. The first-order valence-electron chi connectivity index (χ1n) is 9.95. The average Bonchev–Trinajstić information content (AvgIpc) is 2.82. The highest BCUT2D eigenvalue weighted by atomic mass is 16.5. The third kappa shape index (κ3) is 4.27. The van der Waals surface area contributed by atoms with Gasteiger partial charge in [-0.25, -0.2) is 4.79 Å². The molecule has 0 saturated heterocycles. The number of aromatic carboxylic acids is 1. The van der Waals surface area contributed by atoms with E-state index >= 15 is 0 Å². The molecule has 0 aliphatic carbocycles. The molecule has 0 aliphatic heterocycles. The van der Waals surface area contributed by atoms with Gasteiger partial charge in [0.05, 0.1) is 30.5 Å². The summed E-state index contributed by atoms with van der Waals surface area (Å²) in [7, 11) is 1.56. The van der Waals surface area contributed by atoms with Gasteiger partial charge in [-0.1, -0.05) is 36.1 Å². The smallest absolute Gasteiger partial charge is 0.335 e. The summed E-state index contributed by atoms with van der Waals surface area (Å²) in [5, 5.41) is 32.9. The van der Waals surface area contributed by atoms with Gasteiger partial charge in [-0.15, -0.1) is 0 Å². The van der Waals surface area contributed by atoms with Crippen molar-refractivity contribution in [3.63, 3.8) is 0 Å². The van der Waals surface area contributed by atoms with Crippen LogP contribution in [0.4, 0.5) is 5.69 Å². The zero-order valence-electron chi connectivity index (χ0n) is 17.6. The maximum atomic E-state index is 13.1. The van der Waals surface area contributed by atoms with E-state index in [0.29, 0.717) is 22.1 Å². The van der Waals surface area contributed by atoms with Crippen molar-refractivity contribution >= 4 is 28.6 Å². The number of nitrogens with zero attached hydrogens (tertiary/aromatic N) is 2. The van der Waals surface area contributed by atoms with E-state index in [1.54, 1.807) is 55.6 Å². The Bertz CT molecular complexity index is 1440. The molecule has 2 N–H and O–H groups in total. The zero-order chi connectivity index (χ0) is 23.5. The quantitative estimate of drug-likeness (QED) is 0.441. The van der Waals surface area contributed by atoms with Crippen LogP contribution in [0.1, 0.15) is 21.5 Å². The minimum absolute atomic E-state index is 0.123. The van der Waals surface area contributed by atoms with Crippen LogP contribution in [0, 0.1) is 0 Å². The van der Waals surface area contributed by atoms with Crippen molar-refractivity contribution in [3.05, 3.63) is 93.8 Å². The molecule has 0 saturated carbocycles. The molecular weight excluding hydrogens is 424 g/mol. The minimum Gasteiger partial charge on any atom is -0.872 e. The largest absolute Gasteiger partial charge is 0.872 e. The lowest BCUT2D eigenvalue weighted by atomic mass is 10.1. The van der Waals surface area contributed by atoms with Gasteiger partial charge in [0.1, 0.15) is 5.75 Å². The second-order valence-electron chi connectivity index (χ2n) is 7.27. The van der Waals surface area contributed by atoms with Crippen LogP contribution in [-0.4, -0.2) is 34.1 Å². The molecule has 4 aromatic rings. The molecule has 0 spiro atoms. The lowest BCUT2D eigenvalue weighted by Crippen LogP contribution is -2.22. The number of aromatic nitrogens is 1. The van der Waals surface area contributed by atoms with E-state index in [9.17, 15) is 19.8 Å². The maximum Gasteiger partial charge on any atom is 0.335 e. The Labute approximate surface area is 188 Å². The first-order valence-corrected chi connectivity index (χ1v) is 9.95. The number of rotatable bonds is 6. The molecule has 1 aromatic heterocycles. The summed E-state index contributed by atoms with van der Waals surface area (Å²) in [6, 6.07) is 17.6. The van der Waals surface area contributed by atoms with Crippen LogP contribution in [0.5, 0.6) is 17.4 Å². The van der Waals surface area contributed by atoms with Gasteiger partial charge in [-0.2, -0.15) is 0 Å².